The third kappa shape index (κ3) is 15.2. The molecule has 2 saturated carbocycles. The van der Waals surface area contributed by atoms with Gasteiger partial charge in [-0.2, -0.15) is 15.3 Å². The fraction of sp³-hybridized carbons (Fsp3) is 0.853. The van der Waals surface area contributed by atoms with Crippen molar-refractivity contribution in [2.75, 3.05) is 0 Å². The molecule has 5 atom stereocenters. The van der Waals surface area contributed by atoms with Crippen molar-refractivity contribution in [1.82, 2.24) is 5.43 Å². The van der Waals surface area contributed by atoms with E-state index in [4.69, 9.17) is 0 Å². The Morgan fingerprint density at radius 3 is 1.66 bits per heavy atom. The molecule has 2 aliphatic heterocycles. The first-order chi connectivity index (χ1) is 18.0. The van der Waals surface area contributed by atoms with Gasteiger partial charge in [-0.1, -0.05) is 82.1 Å². The summed E-state index contributed by atoms with van der Waals surface area (Å²) in [5.74, 6) is 7.17. The second kappa shape index (κ2) is 19.6. The van der Waals surface area contributed by atoms with Gasteiger partial charge in [0.25, 0.3) is 0 Å². The van der Waals surface area contributed by atoms with Crippen LogP contribution in [0.15, 0.2) is 27.1 Å². The first kappa shape index (κ1) is 34.6. The molecule has 0 saturated heterocycles. The molecule has 2 heterocycles. The topological polar surface area (TPSA) is 49.1 Å². The number of hydrogen-bond donors (Lipinski definition) is 1. The monoisotopic (exact) mass is 529 g/mol. The van der Waals surface area contributed by atoms with Crippen LogP contribution in [-0.2, 0) is 0 Å². The van der Waals surface area contributed by atoms with Crippen molar-refractivity contribution in [3.63, 3.8) is 0 Å². The lowest BCUT2D eigenvalue weighted by atomic mass is 9.76. The van der Waals surface area contributed by atoms with Gasteiger partial charge < -0.3 is 0 Å². The molecular weight excluding hydrogens is 464 g/mol. The number of allylic oxidation sites excluding steroid dienone is 1. The Balaban J connectivity index is 0.000000298. The van der Waals surface area contributed by atoms with Crippen molar-refractivity contribution >= 4 is 18.6 Å². The van der Waals surface area contributed by atoms with Crippen LogP contribution in [0, 0.1) is 53.3 Å². The SMILES string of the molecule is CC(C)C.CC(C)C.CC(C)C1CCCC2=CNN=CC2CC1.CC(C)C1CCCC2C=NN=CC2CC1. The maximum atomic E-state index is 4.15. The van der Waals surface area contributed by atoms with Crippen molar-refractivity contribution in [2.24, 2.45) is 68.6 Å². The van der Waals surface area contributed by atoms with Crippen LogP contribution in [0.1, 0.15) is 133 Å². The molecule has 4 aliphatic rings. The molecular formula is C34H64N4. The van der Waals surface area contributed by atoms with E-state index in [1.165, 1.54) is 64.2 Å². The standard InChI is InChI=1S/2C13H22N2.2C4H10/c2*1-10(2)11-4-3-5-12-8-14-15-9-13(12)7-6-11;2*1-4(2)3/h8-11,13-14H,3-7H2,1-2H3;8-13H,3-7H2,1-2H3;2*4H,1-3H3. The van der Waals surface area contributed by atoms with Crippen LogP contribution in [0.5, 0.6) is 0 Å². The first-order valence-electron chi connectivity index (χ1n) is 16.0. The third-order valence-corrected chi connectivity index (χ3v) is 7.95. The Morgan fingerprint density at radius 1 is 0.605 bits per heavy atom. The highest BCUT2D eigenvalue weighted by atomic mass is 15.3. The van der Waals surface area contributed by atoms with Crippen molar-refractivity contribution in [3.05, 3.63) is 11.8 Å². The number of fused-ring (bicyclic) bond motifs is 2. The van der Waals surface area contributed by atoms with Gasteiger partial charge in [-0.25, -0.2) is 0 Å². The van der Waals surface area contributed by atoms with Gasteiger partial charge in [0.1, 0.15) is 0 Å². The quantitative estimate of drug-likeness (QED) is 0.381. The molecule has 4 rings (SSSR count). The van der Waals surface area contributed by atoms with Crippen molar-refractivity contribution in [3.8, 4) is 0 Å². The molecule has 220 valence electrons. The summed E-state index contributed by atoms with van der Waals surface area (Å²) in [7, 11) is 0. The molecule has 0 radical (unpaired) electrons. The number of rotatable bonds is 2. The minimum absolute atomic E-state index is 0.618. The van der Waals surface area contributed by atoms with Gasteiger partial charge in [0.05, 0.1) is 0 Å². The second-order valence-electron chi connectivity index (χ2n) is 14.0. The number of nitrogens with one attached hydrogen (secondary N) is 1. The molecule has 5 unspecified atom stereocenters. The molecule has 0 spiro atoms. The summed E-state index contributed by atoms with van der Waals surface area (Å²) >= 11 is 0. The normalized spacial score (nSPS) is 28.5. The van der Waals surface area contributed by atoms with E-state index in [1.54, 1.807) is 5.57 Å². The van der Waals surface area contributed by atoms with E-state index in [2.05, 4.69) is 115 Å². The molecule has 0 aromatic carbocycles. The Morgan fingerprint density at radius 2 is 1.11 bits per heavy atom. The minimum Gasteiger partial charge on any atom is -0.286 e. The molecule has 1 N–H and O–H groups in total. The Bertz CT molecular complexity index is 704. The van der Waals surface area contributed by atoms with Crippen molar-refractivity contribution in [2.45, 2.75) is 133 Å². The zero-order chi connectivity index (χ0) is 28.5. The summed E-state index contributed by atoms with van der Waals surface area (Å²) < 4.78 is 0. The zero-order valence-corrected chi connectivity index (χ0v) is 26.9. The molecule has 0 aromatic rings. The lowest BCUT2D eigenvalue weighted by Crippen LogP contribution is -2.24. The molecule has 0 aromatic heterocycles. The van der Waals surface area contributed by atoms with Crippen LogP contribution in [0.3, 0.4) is 0 Å². The van der Waals surface area contributed by atoms with Crippen molar-refractivity contribution in [1.29, 1.82) is 0 Å². The first-order valence-corrected chi connectivity index (χ1v) is 16.0. The Labute approximate surface area is 237 Å². The lowest BCUT2D eigenvalue weighted by molar-refractivity contribution is 0.268. The molecule has 38 heavy (non-hydrogen) atoms. The summed E-state index contributed by atoms with van der Waals surface area (Å²) in [6.07, 6.45) is 21.8. The summed E-state index contributed by atoms with van der Waals surface area (Å²) in [6.45, 7) is 22.4. The maximum Gasteiger partial charge on any atom is 0.0318 e. The van der Waals surface area contributed by atoms with Gasteiger partial charge in [0.15, 0.2) is 0 Å². The van der Waals surface area contributed by atoms with Gasteiger partial charge in [-0.3, -0.25) is 5.43 Å². The highest BCUT2D eigenvalue weighted by molar-refractivity contribution is 5.74. The van der Waals surface area contributed by atoms with Crippen LogP contribution in [0.2, 0.25) is 0 Å². The van der Waals surface area contributed by atoms with E-state index in [0.717, 1.165) is 35.5 Å². The number of hydrogen-bond acceptors (Lipinski definition) is 4. The molecule has 2 fully saturated rings. The van der Waals surface area contributed by atoms with Crippen LogP contribution in [-0.4, -0.2) is 18.6 Å². The minimum atomic E-state index is 0.618. The molecule has 4 nitrogen and oxygen atoms in total. The predicted molar refractivity (Wildman–Crippen MR) is 171 cm³/mol. The van der Waals surface area contributed by atoms with Gasteiger partial charge >= 0.3 is 0 Å². The van der Waals surface area contributed by atoms with E-state index in [9.17, 15) is 0 Å². The fourth-order valence-corrected chi connectivity index (χ4v) is 5.63. The Kier molecular flexibility index (Phi) is 17.8. The highest BCUT2D eigenvalue weighted by Crippen LogP contribution is 2.34. The van der Waals surface area contributed by atoms with Crippen LogP contribution < -0.4 is 5.43 Å². The molecule has 0 bridgehead atoms. The number of hydrazone groups is 1. The van der Waals surface area contributed by atoms with E-state index in [1.807, 2.05) is 0 Å². The van der Waals surface area contributed by atoms with E-state index >= 15 is 0 Å². The van der Waals surface area contributed by atoms with Gasteiger partial charge in [-0.05, 0) is 92.4 Å². The average molecular weight is 529 g/mol. The average Bonchev–Trinajstić information content (AvgIpc) is 2.79. The smallest absolute Gasteiger partial charge is 0.0318 e. The molecule has 0 amide bonds. The summed E-state index contributed by atoms with van der Waals surface area (Å²) in [4.78, 5) is 0. The van der Waals surface area contributed by atoms with Gasteiger partial charge in [0, 0.05) is 42.6 Å². The van der Waals surface area contributed by atoms with Crippen molar-refractivity contribution < 1.29 is 0 Å². The third-order valence-electron chi connectivity index (χ3n) is 7.95. The zero-order valence-electron chi connectivity index (χ0n) is 26.9. The van der Waals surface area contributed by atoms with E-state index in [0.29, 0.717) is 17.8 Å². The summed E-state index contributed by atoms with van der Waals surface area (Å²) in [5.41, 5.74) is 4.54. The van der Waals surface area contributed by atoms with E-state index in [-0.39, 0.29) is 0 Å². The van der Waals surface area contributed by atoms with Crippen LogP contribution >= 0.6 is 0 Å². The molecule has 4 heteroatoms. The van der Waals surface area contributed by atoms with E-state index < -0.39 is 0 Å². The summed E-state index contributed by atoms with van der Waals surface area (Å²) in [6, 6.07) is 0. The van der Waals surface area contributed by atoms with Crippen LogP contribution in [0.25, 0.3) is 0 Å². The highest BCUT2D eigenvalue weighted by Gasteiger charge is 2.26. The lowest BCUT2D eigenvalue weighted by Gasteiger charge is -2.30. The fourth-order valence-electron chi connectivity index (χ4n) is 5.63. The predicted octanol–water partition coefficient (Wildman–Crippen LogP) is 10.2. The van der Waals surface area contributed by atoms with Gasteiger partial charge in [0.2, 0.25) is 0 Å². The Hall–Kier alpha value is -1.45. The summed E-state index contributed by atoms with van der Waals surface area (Å²) in [5, 5.41) is 12.2. The molecule has 2 aliphatic carbocycles. The largest absolute Gasteiger partial charge is 0.286 e. The van der Waals surface area contributed by atoms with Crippen LogP contribution in [0.4, 0.5) is 0 Å². The van der Waals surface area contributed by atoms with Gasteiger partial charge in [-0.15, -0.1) is 0 Å². The number of nitrogens with zero attached hydrogens (tertiary/aromatic N) is 3. The second-order valence-corrected chi connectivity index (χ2v) is 14.0. The maximum absolute atomic E-state index is 4.15.